The van der Waals surface area contributed by atoms with E-state index in [4.69, 9.17) is 5.26 Å². The largest absolute Gasteiger partial charge is 0.192 e. The van der Waals surface area contributed by atoms with Crippen LogP contribution in [0.1, 0.15) is 5.56 Å². The van der Waals surface area contributed by atoms with Crippen LogP contribution < -0.4 is 0 Å². The van der Waals surface area contributed by atoms with Crippen molar-refractivity contribution < 1.29 is 0 Å². The quantitative estimate of drug-likeness (QED) is 0.679. The minimum Gasteiger partial charge on any atom is -0.192 e. The molecule has 0 aromatic heterocycles. The van der Waals surface area contributed by atoms with Gasteiger partial charge in [0.25, 0.3) is 0 Å². The van der Waals surface area contributed by atoms with Crippen molar-refractivity contribution in [3.05, 3.63) is 77.1 Å². The number of benzene rings is 1. The summed E-state index contributed by atoms with van der Waals surface area (Å²) >= 11 is 0. The molecular weight excluding hydrogens is 194 g/mol. The monoisotopic (exact) mass is 205 g/mol. The van der Waals surface area contributed by atoms with E-state index >= 15 is 0 Å². The first-order chi connectivity index (χ1) is 7.88. The summed E-state index contributed by atoms with van der Waals surface area (Å²) in [4.78, 5) is 0. The standard InChI is InChI=1S/C15H11N/c16-12-15-8-4-7-14(9-10-15)11-13-5-2-1-3-6-13/h1-7,9-10H,11H2. The second-order valence-electron chi connectivity index (χ2n) is 3.57. The lowest BCUT2D eigenvalue weighted by molar-refractivity contribution is 1.20. The molecule has 0 aliphatic heterocycles. The minimum atomic E-state index is 0.569. The maximum absolute atomic E-state index is 8.75. The third-order valence-electron chi connectivity index (χ3n) is 2.37. The third-order valence-corrected chi connectivity index (χ3v) is 2.37. The van der Waals surface area contributed by atoms with Gasteiger partial charge in [0.2, 0.25) is 0 Å². The molecule has 0 amide bonds. The fraction of sp³-hybridized carbons (Fsp3) is 0.0667. The van der Waals surface area contributed by atoms with Crippen molar-refractivity contribution in [2.75, 3.05) is 0 Å². The van der Waals surface area contributed by atoms with E-state index in [9.17, 15) is 0 Å². The maximum Gasteiger partial charge on any atom is 0.108 e. The van der Waals surface area contributed by atoms with Gasteiger partial charge in [0.05, 0.1) is 5.57 Å². The van der Waals surface area contributed by atoms with Gasteiger partial charge in [-0.2, -0.15) is 5.26 Å². The number of nitrogens with zero attached hydrogens (tertiary/aromatic N) is 1. The molecule has 0 saturated carbocycles. The summed E-state index contributed by atoms with van der Waals surface area (Å²) in [5.74, 6) is 0. The molecule has 1 nitrogen and oxygen atoms in total. The lowest BCUT2D eigenvalue weighted by atomic mass is 10.0. The number of nitriles is 1. The minimum absolute atomic E-state index is 0.569. The molecule has 2 rings (SSSR count). The zero-order valence-electron chi connectivity index (χ0n) is 8.85. The average molecular weight is 205 g/mol. The van der Waals surface area contributed by atoms with Gasteiger partial charge in [-0.15, -0.1) is 5.73 Å². The first-order valence-electron chi connectivity index (χ1n) is 5.16. The van der Waals surface area contributed by atoms with Crippen molar-refractivity contribution in [2.45, 2.75) is 6.42 Å². The van der Waals surface area contributed by atoms with Crippen LogP contribution in [0.15, 0.2) is 71.5 Å². The van der Waals surface area contributed by atoms with E-state index in [1.165, 1.54) is 11.1 Å². The molecule has 0 heterocycles. The molecule has 0 unspecified atom stereocenters. The van der Waals surface area contributed by atoms with Crippen LogP contribution in [0.3, 0.4) is 0 Å². The van der Waals surface area contributed by atoms with Crippen molar-refractivity contribution in [2.24, 2.45) is 0 Å². The normalized spacial score (nSPS) is 13.7. The van der Waals surface area contributed by atoms with Crippen LogP contribution in [0, 0.1) is 11.3 Å². The first-order valence-corrected chi connectivity index (χ1v) is 5.16. The van der Waals surface area contributed by atoms with E-state index in [1.54, 1.807) is 12.2 Å². The summed E-state index contributed by atoms with van der Waals surface area (Å²) in [5, 5.41) is 8.75. The van der Waals surface area contributed by atoms with Gasteiger partial charge in [0, 0.05) is 0 Å². The molecular formula is C15H11N. The van der Waals surface area contributed by atoms with Crippen LogP contribution >= 0.6 is 0 Å². The Hall–Kier alpha value is -2.29. The highest BCUT2D eigenvalue weighted by Gasteiger charge is 1.97. The fourth-order valence-electron chi connectivity index (χ4n) is 1.55. The maximum atomic E-state index is 8.75. The van der Waals surface area contributed by atoms with Gasteiger partial charge in [-0.3, -0.25) is 0 Å². The Morgan fingerprint density at radius 2 is 1.94 bits per heavy atom. The molecule has 0 atom stereocenters. The molecule has 1 aliphatic rings. The molecule has 0 fully saturated rings. The van der Waals surface area contributed by atoms with Gasteiger partial charge in [-0.25, -0.2) is 0 Å². The van der Waals surface area contributed by atoms with E-state index in [0.29, 0.717) is 5.57 Å². The smallest absolute Gasteiger partial charge is 0.108 e. The van der Waals surface area contributed by atoms with E-state index in [0.717, 1.165) is 6.42 Å². The van der Waals surface area contributed by atoms with Crippen molar-refractivity contribution in [1.29, 1.82) is 5.26 Å². The molecule has 1 heteroatoms. The molecule has 1 aromatic rings. The molecule has 0 bridgehead atoms. The van der Waals surface area contributed by atoms with Crippen LogP contribution in [-0.2, 0) is 6.42 Å². The topological polar surface area (TPSA) is 23.8 Å². The first kappa shape index (κ1) is 10.2. The van der Waals surface area contributed by atoms with Crippen LogP contribution in [0.4, 0.5) is 0 Å². The molecule has 1 aromatic carbocycles. The van der Waals surface area contributed by atoms with Gasteiger partial charge in [-0.1, -0.05) is 42.5 Å². The second kappa shape index (κ2) is 4.98. The summed E-state index contributed by atoms with van der Waals surface area (Å²) < 4.78 is 0. The zero-order chi connectivity index (χ0) is 11.2. The molecule has 1 aliphatic carbocycles. The summed E-state index contributed by atoms with van der Waals surface area (Å²) in [7, 11) is 0. The number of hydrogen-bond acceptors (Lipinski definition) is 1. The average Bonchev–Trinajstić information content (AvgIpc) is 2.56. The number of allylic oxidation sites excluding steroid dienone is 5. The predicted molar refractivity (Wildman–Crippen MR) is 64.6 cm³/mol. The van der Waals surface area contributed by atoms with Crippen LogP contribution in [-0.4, -0.2) is 0 Å². The van der Waals surface area contributed by atoms with Crippen molar-refractivity contribution in [3.8, 4) is 6.07 Å². The highest BCUT2D eigenvalue weighted by atomic mass is 14.2. The Bertz CT molecular complexity index is 533. The molecule has 0 N–H and O–H groups in total. The van der Waals surface area contributed by atoms with Gasteiger partial charge in [0.1, 0.15) is 6.07 Å². The number of hydrogen-bond donors (Lipinski definition) is 0. The molecule has 0 spiro atoms. The Labute approximate surface area is 95.3 Å². The van der Waals surface area contributed by atoms with E-state index in [2.05, 4.69) is 23.9 Å². The highest BCUT2D eigenvalue weighted by molar-refractivity contribution is 5.42. The second-order valence-corrected chi connectivity index (χ2v) is 3.57. The molecule has 0 radical (unpaired) electrons. The van der Waals surface area contributed by atoms with E-state index < -0.39 is 0 Å². The third kappa shape index (κ3) is 2.60. The SMILES string of the molecule is N#CC1=C=CC=C(Cc2ccccc2)C=C1. The van der Waals surface area contributed by atoms with Crippen molar-refractivity contribution in [3.63, 3.8) is 0 Å². The lowest BCUT2D eigenvalue weighted by Gasteiger charge is -2.00. The Morgan fingerprint density at radius 1 is 1.12 bits per heavy atom. The van der Waals surface area contributed by atoms with Crippen LogP contribution in [0.25, 0.3) is 0 Å². The van der Waals surface area contributed by atoms with Gasteiger partial charge < -0.3 is 0 Å². The summed E-state index contributed by atoms with van der Waals surface area (Å²) in [6.07, 6.45) is 8.46. The fourth-order valence-corrected chi connectivity index (χ4v) is 1.55. The molecule has 0 saturated heterocycles. The Balaban J connectivity index is 2.14. The van der Waals surface area contributed by atoms with Gasteiger partial charge in [-0.05, 0) is 29.7 Å². The van der Waals surface area contributed by atoms with Crippen molar-refractivity contribution in [1.82, 2.24) is 0 Å². The van der Waals surface area contributed by atoms with Gasteiger partial charge >= 0.3 is 0 Å². The highest BCUT2D eigenvalue weighted by Crippen LogP contribution is 2.12. The Morgan fingerprint density at radius 3 is 2.69 bits per heavy atom. The lowest BCUT2D eigenvalue weighted by Crippen LogP contribution is -1.86. The van der Waals surface area contributed by atoms with Crippen molar-refractivity contribution >= 4 is 0 Å². The van der Waals surface area contributed by atoms with E-state index in [1.807, 2.05) is 30.4 Å². The summed E-state index contributed by atoms with van der Waals surface area (Å²) in [6, 6.07) is 12.4. The van der Waals surface area contributed by atoms with Crippen LogP contribution in [0.5, 0.6) is 0 Å². The van der Waals surface area contributed by atoms with E-state index in [-0.39, 0.29) is 0 Å². The zero-order valence-corrected chi connectivity index (χ0v) is 8.85. The summed E-state index contributed by atoms with van der Waals surface area (Å²) in [5.41, 5.74) is 5.94. The number of rotatable bonds is 2. The predicted octanol–water partition coefficient (Wildman–Crippen LogP) is 3.33. The molecule has 16 heavy (non-hydrogen) atoms. The summed E-state index contributed by atoms with van der Waals surface area (Å²) in [6.45, 7) is 0. The van der Waals surface area contributed by atoms with Crippen LogP contribution in [0.2, 0.25) is 0 Å². The Kier molecular flexibility index (Phi) is 3.18. The van der Waals surface area contributed by atoms with Gasteiger partial charge in [0.15, 0.2) is 0 Å². The molecule has 76 valence electrons.